The number of halogens is 2. The summed E-state index contributed by atoms with van der Waals surface area (Å²) in [6.45, 7) is 1.39. The summed E-state index contributed by atoms with van der Waals surface area (Å²) in [7, 11) is 0. The van der Waals surface area contributed by atoms with Crippen LogP contribution in [0.1, 0.15) is 19.8 Å². The topological polar surface area (TPSA) is 88.2 Å². The number of nitrogens with zero attached hydrogens (tertiary/aromatic N) is 2. The Kier molecular flexibility index (Phi) is 4.04. The minimum Gasteiger partial charge on any atom is -0.487 e. The van der Waals surface area contributed by atoms with E-state index >= 15 is 0 Å². The van der Waals surface area contributed by atoms with Crippen molar-refractivity contribution in [2.45, 2.75) is 31.3 Å². The minimum atomic E-state index is -1.19. The molecule has 0 heterocycles. The van der Waals surface area contributed by atoms with Crippen molar-refractivity contribution in [1.82, 2.24) is 5.32 Å². The number of hydrogen-bond acceptors (Lipinski definition) is 5. The van der Waals surface area contributed by atoms with Crippen LogP contribution in [-0.2, 0) is 0 Å². The Balaban J connectivity index is 2.10. The van der Waals surface area contributed by atoms with Crippen molar-refractivity contribution < 1.29 is 18.4 Å². The Labute approximate surface area is 119 Å². The normalized spacial score (nSPS) is 16.9. The highest BCUT2D eigenvalue weighted by Crippen LogP contribution is 2.27. The molecule has 0 saturated heterocycles. The van der Waals surface area contributed by atoms with Crippen molar-refractivity contribution in [1.29, 1.82) is 5.26 Å². The first-order valence-corrected chi connectivity index (χ1v) is 6.30. The van der Waals surface area contributed by atoms with Crippen molar-refractivity contribution in [3.63, 3.8) is 0 Å². The Bertz CT molecular complexity index is 613. The highest BCUT2D eigenvalue weighted by atomic mass is 19.1. The van der Waals surface area contributed by atoms with Crippen LogP contribution in [0.25, 0.3) is 0 Å². The SMILES string of the molecule is CC(C#N)(COc1cc(F)c([N+](=O)[O-])cc1F)NC1CC1. The number of nitro benzene ring substituents is 1. The van der Waals surface area contributed by atoms with Gasteiger partial charge >= 0.3 is 5.69 Å². The van der Waals surface area contributed by atoms with Crippen LogP contribution >= 0.6 is 0 Å². The molecule has 0 bridgehead atoms. The lowest BCUT2D eigenvalue weighted by atomic mass is 10.1. The van der Waals surface area contributed by atoms with Crippen LogP contribution in [0.4, 0.5) is 14.5 Å². The molecule has 0 spiro atoms. The van der Waals surface area contributed by atoms with Crippen LogP contribution in [-0.4, -0.2) is 23.1 Å². The van der Waals surface area contributed by atoms with Crippen LogP contribution in [0.15, 0.2) is 12.1 Å². The van der Waals surface area contributed by atoms with E-state index in [1.807, 2.05) is 6.07 Å². The van der Waals surface area contributed by atoms with Gasteiger partial charge in [0, 0.05) is 12.1 Å². The number of nitrogens with one attached hydrogen (secondary N) is 1. The number of ether oxygens (including phenoxy) is 1. The molecule has 1 aliphatic carbocycles. The van der Waals surface area contributed by atoms with Gasteiger partial charge in [-0.25, -0.2) is 4.39 Å². The van der Waals surface area contributed by atoms with Crippen molar-refractivity contribution in [3.05, 3.63) is 33.9 Å². The van der Waals surface area contributed by atoms with Gasteiger partial charge in [-0.15, -0.1) is 0 Å². The first-order chi connectivity index (χ1) is 9.84. The minimum absolute atomic E-state index is 0.200. The Hall–Kier alpha value is -2.27. The number of nitriles is 1. The van der Waals surface area contributed by atoms with Crippen LogP contribution in [0.3, 0.4) is 0 Å². The zero-order valence-electron chi connectivity index (χ0n) is 11.2. The summed E-state index contributed by atoms with van der Waals surface area (Å²) in [6.07, 6.45) is 1.91. The average molecular weight is 297 g/mol. The molecule has 0 radical (unpaired) electrons. The van der Waals surface area contributed by atoms with Gasteiger partial charge in [0.15, 0.2) is 11.6 Å². The first kappa shape index (κ1) is 15.1. The fourth-order valence-corrected chi connectivity index (χ4v) is 1.78. The molecule has 1 N–H and O–H groups in total. The van der Waals surface area contributed by atoms with Crippen LogP contribution < -0.4 is 10.1 Å². The number of hydrogen-bond donors (Lipinski definition) is 1. The van der Waals surface area contributed by atoms with Crippen LogP contribution in [0.5, 0.6) is 5.75 Å². The molecule has 0 aliphatic heterocycles. The molecule has 21 heavy (non-hydrogen) atoms. The molecule has 2 rings (SSSR count). The first-order valence-electron chi connectivity index (χ1n) is 6.30. The molecule has 1 fully saturated rings. The number of nitro groups is 1. The van der Waals surface area contributed by atoms with Gasteiger partial charge < -0.3 is 4.74 Å². The summed E-state index contributed by atoms with van der Waals surface area (Å²) in [5.74, 6) is -2.70. The monoisotopic (exact) mass is 297 g/mol. The van der Waals surface area contributed by atoms with Gasteiger partial charge in [0.1, 0.15) is 12.1 Å². The molecular weight excluding hydrogens is 284 g/mol. The summed E-state index contributed by atoms with van der Waals surface area (Å²) in [5, 5.41) is 22.7. The van der Waals surface area contributed by atoms with Gasteiger partial charge in [0.2, 0.25) is 5.82 Å². The average Bonchev–Trinajstić information content (AvgIpc) is 3.22. The molecule has 1 aliphatic rings. The van der Waals surface area contributed by atoms with Gasteiger partial charge in [-0.3, -0.25) is 15.4 Å². The molecular formula is C13H13F2N3O3. The fourth-order valence-electron chi connectivity index (χ4n) is 1.78. The summed E-state index contributed by atoms with van der Waals surface area (Å²) < 4.78 is 32.2. The lowest BCUT2D eigenvalue weighted by Crippen LogP contribution is -2.47. The largest absolute Gasteiger partial charge is 0.487 e. The van der Waals surface area contributed by atoms with Gasteiger partial charge in [-0.2, -0.15) is 9.65 Å². The summed E-state index contributed by atoms with van der Waals surface area (Å²) in [5.41, 5.74) is -2.00. The van der Waals surface area contributed by atoms with Gasteiger partial charge in [-0.05, 0) is 19.8 Å². The van der Waals surface area contributed by atoms with E-state index in [0.717, 1.165) is 12.8 Å². The van der Waals surface area contributed by atoms with E-state index in [1.54, 1.807) is 6.92 Å². The maximum Gasteiger partial charge on any atom is 0.307 e. The Morgan fingerprint density at radius 3 is 2.71 bits per heavy atom. The lowest BCUT2D eigenvalue weighted by Gasteiger charge is -2.23. The second kappa shape index (κ2) is 5.61. The molecule has 112 valence electrons. The van der Waals surface area contributed by atoms with E-state index in [4.69, 9.17) is 10.00 Å². The molecule has 6 nitrogen and oxygen atoms in total. The molecule has 1 aromatic rings. The predicted molar refractivity (Wildman–Crippen MR) is 68.7 cm³/mol. The Morgan fingerprint density at radius 1 is 1.52 bits per heavy atom. The maximum atomic E-state index is 13.6. The van der Waals surface area contributed by atoms with Gasteiger partial charge in [0.25, 0.3) is 0 Å². The van der Waals surface area contributed by atoms with E-state index in [2.05, 4.69) is 5.32 Å². The lowest BCUT2D eigenvalue weighted by molar-refractivity contribution is -0.387. The van der Waals surface area contributed by atoms with E-state index in [9.17, 15) is 18.9 Å². The van der Waals surface area contributed by atoms with Crippen molar-refractivity contribution in [3.8, 4) is 11.8 Å². The van der Waals surface area contributed by atoms with Gasteiger partial charge in [-0.1, -0.05) is 0 Å². The molecule has 0 aromatic heterocycles. The predicted octanol–water partition coefficient (Wildman–Crippen LogP) is 2.29. The number of rotatable bonds is 6. The number of benzene rings is 1. The quantitative estimate of drug-likeness (QED) is 0.643. The van der Waals surface area contributed by atoms with E-state index in [1.165, 1.54) is 0 Å². The third kappa shape index (κ3) is 3.64. The smallest absolute Gasteiger partial charge is 0.307 e. The third-order valence-electron chi connectivity index (χ3n) is 3.06. The van der Waals surface area contributed by atoms with E-state index in [0.29, 0.717) is 12.1 Å². The van der Waals surface area contributed by atoms with Crippen molar-refractivity contribution in [2.24, 2.45) is 0 Å². The molecule has 8 heteroatoms. The third-order valence-corrected chi connectivity index (χ3v) is 3.06. The highest BCUT2D eigenvalue weighted by molar-refractivity contribution is 5.39. The van der Waals surface area contributed by atoms with Crippen molar-refractivity contribution >= 4 is 5.69 Å². The van der Waals surface area contributed by atoms with Crippen LogP contribution in [0, 0.1) is 33.1 Å². The zero-order chi connectivity index (χ0) is 15.6. The molecule has 1 atom stereocenters. The van der Waals surface area contributed by atoms with Gasteiger partial charge in [0.05, 0.1) is 17.1 Å². The Morgan fingerprint density at radius 2 is 2.19 bits per heavy atom. The summed E-state index contributed by atoms with van der Waals surface area (Å²) in [4.78, 5) is 9.46. The maximum absolute atomic E-state index is 13.6. The molecule has 0 amide bonds. The second-order valence-electron chi connectivity index (χ2n) is 5.14. The highest BCUT2D eigenvalue weighted by Gasteiger charge is 2.33. The van der Waals surface area contributed by atoms with Crippen molar-refractivity contribution in [2.75, 3.05) is 6.61 Å². The van der Waals surface area contributed by atoms with Crippen LogP contribution in [0.2, 0.25) is 0 Å². The second-order valence-corrected chi connectivity index (χ2v) is 5.14. The van der Waals surface area contributed by atoms with E-state index in [-0.39, 0.29) is 12.6 Å². The fraction of sp³-hybridized carbons (Fsp3) is 0.462. The zero-order valence-corrected chi connectivity index (χ0v) is 11.2. The van der Waals surface area contributed by atoms with E-state index < -0.39 is 33.5 Å². The molecule has 1 aromatic carbocycles. The molecule has 1 saturated carbocycles. The summed E-state index contributed by atoms with van der Waals surface area (Å²) in [6, 6.07) is 3.33. The molecule has 1 unspecified atom stereocenters. The summed E-state index contributed by atoms with van der Waals surface area (Å²) >= 11 is 0. The standard InChI is InChI=1S/C13H13F2N3O3/c1-13(6-16,17-8-2-3-8)7-21-12-5-9(14)11(18(19)20)4-10(12)15/h4-5,8,17H,2-3,7H2,1H3.